The van der Waals surface area contributed by atoms with Gasteiger partial charge in [0.1, 0.15) is 5.75 Å². The first kappa shape index (κ1) is 19.6. The third kappa shape index (κ3) is 3.91. The summed E-state index contributed by atoms with van der Waals surface area (Å²) in [6, 6.07) is 14.2. The molecule has 2 aromatic carbocycles. The van der Waals surface area contributed by atoms with Crippen LogP contribution in [0.25, 0.3) is 0 Å². The van der Waals surface area contributed by atoms with Crippen molar-refractivity contribution in [3.05, 3.63) is 65.2 Å². The Morgan fingerprint density at radius 1 is 0.821 bits per heavy atom. The molecule has 6 nitrogen and oxygen atoms in total. The van der Waals surface area contributed by atoms with Crippen molar-refractivity contribution < 1.29 is 19.1 Å². The first-order valence-electron chi connectivity index (χ1n) is 9.10. The van der Waals surface area contributed by atoms with Gasteiger partial charge in [0, 0.05) is 0 Å². The number of imide groups is 2. The maximum atomic E-state index is 12.7. The molecule has 6 heteroatoms. The second-order valence-electron chi connectivity index (χ2n) is 7.86. The van der Waals surface area contributed by atoms with E-state index in [9.17, 15) is 14.4 Å². The largest absolute Gasteiger partial charge is 0.497 e. The first-order valence-corrected chi connectivity index (χ1v) is 9.10. The number of urea groups is 1. The van der Waals surface area contributed by atoms with Crippen LogP contribution in [0, 0.1) is 0 Å². The zero-order chi connectivity index (χ0) is 20.5. The lowest BCUT2D eigenvalue weighted by atomic mass is 9.87. The number of methoxy groups -OCH3 is 1. The Morgan fingerprint density at radius 2 is 1.39 bits per heavy atom. The number of nitrogens with zero attached hydrogens (tertiary/aromatic N) is 2. The molecule has 0 N–H and O–H groups in total. The molecule has 0 aromatic heterocycles. The number of hydrogen-bond acceptors (Lipinski definition) is 4. The minimum atomic E-state index is -0.806. The minimum absolute atomic E-state index is 0.0152. The summed E-state index contributed by atoms with van der Waals surface area (Å²) in [7, 11) is 1.54. The van der Waals surface area contributed by atoms with Crippen LogP contribution in [0.15, 0.2) is 48.5 Å². The third-order valence-corrected chi connectivity index (χ3v) is 4.77. The predicted molar refractivity (Wildman–Crippen MR) is 105 cm³/mol. The van der Waals surface area contributed by atoms with Crippen molar-refractivity contribution >= 4 is 17.8 Å². The molecule has 0 aliphatic carbocycles. The molecule has 0 bridgehead atoms. The second-order valence-corrected chi connectivity index (χ2v) is 7.86. The first-order chi connectivity index (χ1) is 13.2. The molecule has 4 amide bonds. The van der Waals surface area contributed by atoms with Crippen LogP contribution in [-0.2, 0) is 28.1 Å². The molecule has 3 rings (SSSR count). The lowest BCUT2D eigenvalue weighted by molar-refractivity contribution is -0.143. The highest BCUT2D eigenvalue weighted by Gasteiger charge is 2.44. The van der Waals surface area contributed by atoms with Gasteiger partial charge in [-0.05, 0) is 34.2 Å². The quantitative estimate of drug-likeness (QED) is 0.588. The highest BCUT2D eigenvalue weighted by molar-refractivity contribution is 6.44. The molecule has 1 aliphatic heterocycles. The summed E-state index contributed by atoms with van der Waals surface area (Å²) < 4.78 is 5.16. The normalized spacial score (nSPS) is 14.8. The Kier molecular flexibility index (Phi) is 5.23. The van der Waals surface area contributed by atoms with Gasteiger partial charge in [0.05, 0.1) is 20.2 Å². The minimum Gasteiger partial charge on any atom is -0.497 e. The molecule has 146 valence electrons. The van der Waals surface area contributed by atoms with Gasteiger partial charge in [0.25, 0.3) is 0 Å². The van der Waals surface area contributed by atoms with Gasteiger partial charge in [-0.1, -0.05) is 57.2 Å². The maximum Gasteiger partial charge on any atom is 0.334 e. The fraction of sp³-hybridized carbons (Fsp3) is 0.318. The molecule has 1 heterocycles. The average Bonchev–Trinajstić information content (AvgIpc) is 2.86. The van der Waals surface area contributed by atoms with E-state index in [1.807, 2.05) is 24.3 Å². The van der Waals surface area contributed by atoms with Gasteiger partial charge >= 0.3 is 17.8 Å². The molecule has 2 aromatic rings. The van der Waals surface area contributed by atoms with Crippen molar-refractivity contribution in [2.24, 2.45) is 0 Å². The van der Waals surface area contributed by atoms with Crippen molar-refractivity contribution in [1.29, 1.82) is 0 Å². The molecule has 0 radical (unpaired) electrons. The molecule has 1 aliphatic rings. The van der Waals surface area contributed by atoms with E-state index in [0.29, 0.717) is 11.3 Å². The Balaban J connectivity index is 1.75. The highest BCUT2D eigenvalue weighted by atomic mass is 16.5. The van der Waals surface area contributed by atoms with Crippen LogP contribution in [0.1, 0.15) is 37.5 Å². The number of ether oxygens (including phenoxy) is 1. The zero-order valence-corrected chi connectivity index (χ0v) is 16.6. The summed E-state index contributed by atoms with van der Waals surface area (Å²) in [5.74, 6) is -0.981. The van der Waals surface area contributed by atoms with E-state index in [-0.39, 0.29) is 18.5 Å². The molecule has 0 unspecified atom stereocenters. The lowest BCUT2D eigenvalue weighted by Gasteiger charge is -2.20. The number of hydrogen-bond donors (Lipinski definition) is 0. The van der Waals surface area contributed by atoms with Crippen LogP contribution >= 0.6 is 0 Å². The van der Waals surface area contributed by atoms with Gasteiger partial charge in [-0.15, -0.1) is 0 Å². The van der Waals surface area contributed by atoms with E-state index in [0.717, 1.165) is 20.9 Å². The number of benzene rings is 2. The summed E-state index contributed by atoms with van der Waals surface area (Å²) in [5.41, 5.74) is 2.68. The number of rotatable bonds is 5. The van der Waals surface area contributed by atoms with E-state index < -0.39 is 17.8 Å². The van der Waals surface area contributed by atoms with Crippen LogP contribution in [0.3, 0.4) is 0 Å². The van der Waals surface area contributed by atoms with Crippen molar-refractivity contribution in [2.75, 3.05) is 7.11 Å². The predicted octanol–water partition coefficient (Wildman–Crippen LogP) is 3.48. The fourth-order valence-electron chi connectivity index (χ4n) is 3.08. The summed E-state index contributed by atoms with van der Waals surface area (Å²) in [4.78, 5) is 39.4. The Bertz CT molecular complexity index is 913. The van der Waals surface area contributed by atoms with Crippen LogP contribution in [0.5, 0.6) is 5.75 Å². The maximum absolute atomic E-state index is 12.7. The van der Waals surface area contributed by atoms with Gasteiger partial charge in [0.15, 0.2) is 0 Å². The fourth-order valence-corrected chi connectivity index (χ4v) is 3.08. The number of carbonyl (C=O) groups excluding carboxylic acids is 3. The van der Waals surface area contributed by atoms with Crippen molar-refractivity contribution in [1.82, 2.24) is 9.80 Å². The topological polar surface area (TPSA) is 66.9 Å². The molecule has 0 spiro atoms. The van der Waals surface area contributed by atoms with Crippen LogP contribution in [0.4, 0.5) is 4.79 Å². The van der Waals surface area contributed by atoms with Gasteiger partial charge in [-0.2, -0.15) is 0 Å². The SMILES string of the molecule is COc1cccc(CN2C(=O)C(=O)N(Cc3ccc(C(C)(C)C)cc3)C2=O)c1. The van der Waals surface area contributed by atoms with E-state index in [1.165, 1.54) is 0 Å². The average molecular weight is 380 g/mol. The Morgan fingerprint density at radius 3 is 1.93 bits per heavy atom. The lowest BCUT2D eigenvalue weighted by Crippen LogP contribution is -2.32. The van der Waals surface area contributed by atoms with Crippen LogP contribution in [0.2, 0.25) is 0 Å². The standard InChI is InChI=1S/C22H24N2O4/c1-22(2,3)17-10-8-15(9-11-17)13-23-19(25)20(26)24(21(23)27)14-16-6-5-7-18(12-16)28-4/h5-12H,13-14H2,1-4H3. The van der Waals surface area contributed by atoms with Crippen molar-refractivity contribution in [3.63, 3.8) is 0 Å². The third-order valence-electron chi connectivity index (χ3n) is 4.77. The van der Waals surface area contributed by atoms with E-state index in [4.69, 9.17) is 4.74 Å². The van der Waals surface area contributed by atoms with Crippen LogP contribution < -0.4 is 4.74 Å². The molecule has 0 saturated carbocycles. The second kappa shape index (κ2) is 7.46. The molecular weight excluding hydrogens is 356 g/mol. The van der Waals surface area contributed by atoms with E-state index >= 15 is 0 Å². The smallest absolute Gasteiger partial charge is 0.334 e. The molecule has 1 saturated heterocycles. The highest BCUT2D eigenvalue weighted by Crippen LogP contribution is 2.24. The molecular formula is C22H24N2O4. The van der Waals surface area contributed by atoms with Crippen molar-refractivity contribution in [3.8, 4) is 5.75 Å². The van der Waals surface area contributed by atoms with Gasteiger partial charge in [-0.25, -0.2) is 4.79 Å². The molecule has 0 atom stereocenters. The van der Waals surface area contributed by atoms with Crippen LogP contribution in [-0.4, -0.2) is 34.8 Å². The summed E-state index contributed by atoms with van der Waals surface area (Å²) >= 11 is 0. The molecule has 28 heavy (non-hydrogen) atoms. The van der Waals surface area contributed by atoms with E-state index in [2.05, 4.69) is 20.8 Å². The summed E-state index contributed by atoms with van der Waals surface area (Å²) in [6.45, 7) is 6.45. The van der Waals surface area contributed by atoms with Gasteiger partial charge in [-0.3, -0.25) is 19.4 Å². The monoisotopic (exact) mass is 380 g/mol. The summed E-state index contributed by atoms with van der Waals surface area (Å²) in [5, 5.41) is 0. The van der Waals surface area contributed by atoms with E-state index in [1.54, 1.807) is 31.4 Å². The Labute approximate surface area is 164 Å². The summed E-state index contributed by atoms with van der Waals surface area (Å²) in [6.07, 6.45) is 0. The van der Waals surface area contributed by atoms with Crippen molar-refractivity contribution in [2.45, 2.75) is 39.3 Å². The van der Waals surface area contributed by atoms with Gasteiger partial charge < -0.3 is 4.74 Å². The number of carbonyl (C=O) groups is 3. The number of amides is 4. The van der Waals surface area contributed by atoms with Gasteiger partial charge in [0.2, 0.25) is 0 Å². The zero-order valence-electron chi connectivity index (χ0n) is 16.6. The Hall–Kier alpha value is -3.15. The molecule has 1 fully saturated rings.